The molecular formula is C19H25N5O. The largest absolute Gasteiger partial charge is 0.341 e. The van der Waals surface area contributed by atoms with Crippen LogP contribution in [0.5, 0.6) is 0 Å². The highest BCUT2D eigenvalue weighted by Gasteiger charge is 2.31. The van der Waals surface area contributed by atoms with Gasteiger partial charge in [-0.1, -0.05) is 0 Å². The van der Waals surface area contributed by atoms with Crippen LogP contribution in [0.25, 0.3) is 0 Å². The van der Waals surface area contributed by atoms with Crippen LogP contribution in [0.4, 0.5) is 0 Å². The number of nitrogens with one attached hydrogen (secondary N) is 1. The van der Waals surface area contributed by atoms with Crippen molar-refractivity contribution in [2.24, 2.45) is 0 Å². The first-order valence-electron chi connectivity index (χ1n) is 9.12. The number of likely N-dealkylation sites (N-methyl/N-ethyl adjacent to an activating group) is 1. The minimum Gasteiger partial charge on any atom is -0.341 e. The summed E-state index contributed by atoms with van der Waals surface area (Å²) in [5.74, 6) is 0.872. The number of aromatic amines is 1. The molecule has 25 heavy (non-hydrogen) atoms. The third-order valence-electron chi connectivity index (χ3n) is 5.17. The van der Waals surface area contributed by atoms with Crippen LogP contribution in [0.1, 0.15) is 41.3 Å². The van der Waals surface area contributed by atoms with Gasteiger partial charge in [0.15, 0.2) is 0 Å². The maximum atomic E-state index is 12.7. The van der Waals surface area contributed by atoms with Crippen LogP contribution < -0.4 is 0 Å². The SMILES string of the molecule is CN(CC(=O)N1CCc2[nH]nc(C3CC3)c2CC1)Cc1ccncc1. The van der Waals surface area contributed by atoms with E-state index in [2.05, 4.69) is 20.1 Å². The average molecular weight is 339 g/mol. The third-order valence-corrected chi connectivity index (χ3v) is 5.17. The Labute approximate surface area is 148 Å². The van der Waals surface area contributed by atoms with Crippen LogP contribution in [0.2, 0.25) is 0 Å². The van der Waals surface area contributed by atoms with E-state index < -0.39 is 0 Å². The molecule has 0 saturated heterocycles. The fourth-order valence-electron chi connectivity index (χ4n) is 3.64. The number of carbonyl (C=O) groups is 1. The Morgan fingerprint density at radius 2 is 2.04 bits per heavy atom. The van der Waals surface area contributed by atoms with Crippen molar-refractivity contribution in [2.75, 3.05) is 26.7 Å². The summed E-state index contributed by atoms with van der Waals surface area (Å²) in [6.45, 7) is 2.79. The summed E-state index contributed by atoms with van der Waals surface area (Å²) in [7, 11) is 1.99. The number of pyridine rings is 1. The van der Waals surface area contributed by atoms with Crippen molar-refractivity contribution < 1.29 is 4.79 Å². The molecule has 0 aromatic carbocycles. The summed E-state index contributed by atoms with van der Waals surface area (Å²) >= 11 is 0. The zero-order chi connectivity index (χ0) is 17.2. The topological polar surface area (TPSA) is 65.1 Å². The first kappa shape index (κ1) is 16.3. The summed E-state index contributed by atoms with van der Waals surface area (Å²) < 4.78 is 0. The van der Waals surface area contributed by atoms with Crippen molar-refractivity contribution in [3.05, 3.63) is 47.0 Å². The highest BCUT2D eigenvalue weighted by molar-refractivity contribution is 5.78. The minimum absolute atomic E-state index is 0.211. The molecule has 1 saturated carbocycles. The number of amides is 1. The highest BCUT2D eigenvalue weighted by Crippen LogP contribution is 2.41. The van der Waals surface area contributed by atoms with E-state index in [-0.39, 0.29) is 5.91 Å². The van der Waals surface area contributed by atoms with Gasteiger partial charge in [0.05, 0.1) is 12.2 Å². The molecule has 0 unspecified atom stereocenters. The standard InChI is InChI=1S/C19H25N5O/c1-23(12-14-4-8-20-9-5-14)13-18(25)24-10-6-16-17(7-11-24)21-22-19(16)15-2-3-15/h4-5,8-9,15H,2-3,6-7,10-13H2,1H3,(H,21,22). The second-order valence-corrected chi connectivity index (χ2v) is 7.25. The molecule has 1 aliphatic carbocycles. The molecular weight excluding hydrogens is 314 g/mol. The van der Waals surface area contributed by atoms with Crippen LogP contribution in [0.15, 0.2) is 24.5 Å². The molecule has 1 amide bonds. The molecule has 1 aliphatic heterocycles. The van der Waals surface area contributed by atoms with Gasteiger partial charge in [0.1, 0.15) is 0 Å². The molecule has 132 valence electrons. The zero-order valence-corrected chi connectivity index (χ0v) is 14.7. The zero-order valence-electron chi connectivity index (χ0n) is 14.7. The van der Waals surface area contributed by atoms with Crippen LogP contribution in [-0.4, -0.2) is 57.6 Å². The Kier molecular flexibility index (Phi) is 4.53. The maximum Gasteiger partial charge on any atom is 0.236 e. The molecule has 6 nitrogen and oxygen atoms in total. The fourth-order valence-corrected chi connectivity index (χ4v) is 3.64. The van der Waals surface area contributed by atoms with E-state index >= 15 is 0 Å². The fraction of sp³-hybridized carbons (Fsp3) is 0.526. The monoisotopic (exact) mass is 339 g/mol. The van der Waals surface area contributed by atoms with Crippen LogP contribution in [-0.2, 0) is 24.2 Å². The first-order valence-corrected chi connectivity index (χ1v) is 9.12. The highest BCUT2D eigenvalue weighted by atomic mass is 16.2. The first-order chi connectivity index (χ1) is 12.2. The van der Waals surface area contributed by atoms with Gasteiger partial charge in [-0.2, -0.15) is 5.10 Å². The lowest BCUT2D eigenvalue weighted by Gasteiger charge is -2.24. The van der Waals surface area contributed by atoms with Gasteiger partial charge in [-0.15, -0.1) is 0 Å². The maximum absolute atomic E-state index is 12.7. The predicted molar refractivity (Wildman–Crippen MR) is 95.1 cm³/mol. The van der Waals surface area contributed by atoms with E-state index in [0.717, 1.165) is 32.5 Å². The second kappa shape index (κ2) is 6.96. The molecule has 0 atom stereocenters. The number of H-pyrrole nitrogens is 1. The normalized spacial score (nSPS) is 17.4. The van der Waals surface area contributed by atoms with E-state index in [9.17, 15) is 4.79 Å². The number of nitrogens with zero attached hydrogens (tertiary/aromatic N) is 4. The predicted octanol–water partition coefficient (Wildman–Crippen LogP) is 1.74. The average Bonchev–Trinajstić information content (AvgIpc) is 3.40. The minimum atomic E-state index is 0.211. The number of rotatable bonds is 5. The summed E-state index contributed by atoms with van der Waals surface area (Å²) in [6, 6.07) is 3.98. The Morgan fingerprint density at radius 1 is 1.28 bits per heavy atom. The lowest BCUT2D eigenvalue weighted by molar-refractivity contribution is -0.132. The van der Waals surface area contributed by atoms with Gasteiger partial charge in [-0.25, -0.2) is 0 Å². The van der Waals surface area contributed by atoms with Crippen molar-refractivity contribution in [3.8, 4) is 0 Å². The van der Waals surface area contributed by atoms with Crippen LogP contribution in [0.3, 0.4) is 0 Å². The van der Waals surface area contributed by atoms with Gasteiger partial charge in [-0.05, 0) is 49.6 Å². The molecule has 0 bridgehead atoms. The van der Waals surface area contributed by atoms with E-state index in [4.69, 9.17) is 0 Å². The number of fused-ring (bicyclic) bond motifs is 1. The molecule has 2 aromatic rings. The van der Waals surface area contributed by atoms with Gasteiger partial charge in [0.25, 0.3) is 0 Å². The molecule has 1 N–H and O–H groups in total. The molecule has 2 aromatic heterocycles. The van der Waals surface area contributed by atoms with E-state index in [1.165, 1.54) is 35.4 Å². The molecule has 1 fully saturated rings. The number of hydrogen-bond acceptors (Lipinski definition) is 4. The van der Waals surface area contributed by atoms with Crippen molar-refractivity contribution in [1.82, 2.24) is 25.0 Å². The summed E-state index contributed by atoms with van der Waals surface area (Å²) in [4.78, 5) is 20.8. The lowest BCUT2D eigenvalue weighted by atomic mass is 10.1. The molecule has 6 heteroatoms. The van der Waals surface area contributed by atoms with Crippen molar-refractivity contribution in [3.63, 3.8) is 0 Å². The van der Waals surface area contributed by atoms with Crippen molar-refractivity contribution in [2.45, 2.75) is 38.1 Å². The molecule has 0 spiro atoms. The number of aromatic nitrogens is 3. The summed E-state index contributed by atoms with van der Waals surface area (Å²) in [5, 5.41) is 7.74. The quantitative estimate of drug-likeness (QED) is 0.901. The molecule has 3 heterocycles. The van der Waals surface area contributed by atoms with Gasteiger partial charge in [0.2, 0.25) is 5.91 Å². The van der Waals surface area contributed by atoms with E-state index in [1.54, 1.807) is 12.4 Å². The van der Waals surface area contributed by atoms with Gasteiger partial charge in [0, 0.05) is 50.1 Å². The summed E-state index contributed by atoms with van der Waals surface area (Å²) in [5.41, 5.74) is 5.06. The second-order valence-electron chi connectivity index (χ2n) is 7.25. The smallest absolute Gasteiger partial charge is 0.236 e. The van der Waals surface area contributed by atoms with Gasteiger partial charge < -0.3 is 4.90 Å². The Morgan fingerprint density at radius 3 is 2.80 bits per heavy atom. The van der Waals surface area contributed by atoms with Crippen molar-refractivity contribution >= 4 is 5.91 Å². The van der Waals surface area contributed by atoms with Gasteiger partial charge >= 0.3 is 0 Å². The molecule has 0 radical (unpaired) electrons. The third kappa shape index (κ3) is 3.74. The van der Waals surface area contributed by atoms with E-state index in [0.29, 0.717) is 12.5 Å². The molecule has 4 rings (SSSR count). The Bertz CT molecular complexity index is 738. The van der Waals surface area contributed by atoms with E-state index in [1.807, 2.05) is 24.1 Å². The van der Waals surface area contributed by atoms with Crippen molar-refractivity contribution in [1.29, 1.82) is 0 Å². The van der Waals surface area contributed by atoms with Crippen LogP contribution >= 0.6 is 0 Å². The number of hydrogen-bond donors (Lipinski definition) is 1. The molecule has 2 aliphatic rings. The lowest BCUT2D eigenvalue weighted by Crippen LogP contribution is -2.40. The summed E-state index contributed by atoms with van der Waals surface area (Å²) in [6.07, 6.45) is 7.92. The van der Waals surface area contributed by atoms with Crippen LogP contribution in [0, 0.1) is 0 Å². The Balaban J connectivity index is 1.34. The van der Waals surface area contributed by atoms with Gasteiger partial charge in [-0.3, -0.25) is 19.8 Å². The number of carbonyl (C=O) groups excluding carboxylic acids is 1. The Hall–Kier alpha value is -2.21.